The van der Waals surface area contributed by atoms with Crippen LogP contribution in [0.1, 0.15) is 32.8 Å². The molecule has 2 unspecified atom stereocenters. The van der Waals surface area contributed by atoms with Crippen LogP contribution in [0.5, 0.6) is 0 Å². The molecule has 24 heavy (non-hydrogen) atoms. The predicted molar refractivity (Wildman–Crippen MR) is 99.2 cm³/mol. The Morgan fingerprint density at radius 1 is 1.33 bits per heavy atom. The fourth-order valence-corrected chi connectivity index (χ4v) is 3.56. The highest BCUT2D eigenvalue weighted by atomic mass is 16.1. The first-order valence-corrected chi connectivity index (χ1v) is 8.84. The number of carbonyl (C=O) groups excluding carboxylic acids is 1. The Morgan fingerprint density at radius 2 is 2.12 bits per heavy atom. The zero-order chi connectivity index (χ0) is 17.3. The van der Waals surface area contributed by atoms with Crippen molar-refractivity contribution < 1.29 is 4.79 Å². The van der Waals surface area contributed by atoms with Crippen molar-refractivity contribution in [3.8, 4) is 0 Å². The number of aryl methyl sites for hydroxylation is 1. The Balaban J connectivity index is 1.80. The summed E-state index contributed by atoms with van der Waals surface area (Å²) >= 11 is 0. The first kappa shape index (κ1) is 16.7. The van der Waals surface area contributed by atoms with E-state index in [0.717, 1.165) is 18.6 Å². The molecule has 2 atom stereocenters. The zero-order valence-electron chi connectivity index (χ0n) is 15.0. The molecule has 2 heterocycles. The van der Waals surface area contributed by atoms with Gasteiger partial charge in [0.2, 0.25) is 5.91 Å². The van der Waals surface area contributed by atoms with Crippen molar-refractivity contribution in [2.24, 2.45) is 11.8 Å². The lowest BCUT2D eigenvalue weighted by Crippen LogP contribution is -2.40. The van der Waals surface area contributed by atoms with E-state index in [9.17, 15) is 4.79 Å². The maximum atomic E-state index is 12.1. The van der Waals surface area contributed by atoms with Crippen LogP contribution in [0.2, 0.25) is 0 Å². The number of benzene rings is 1. The van der Waals surface area contributed by atoms with Gasteiger partial charge in [0, 0.05) is 36.8 Å². The summed E-state index contributed by atoms with van der Waals surface area (Å²) in [4.78, 5) is 19.0. The number of nitrogens with one attached hydrogen (secondary N) is 1. The second-order valence-corrected chi connectivity index (χ2v) is 7.46. The number of rotatable bonds is 4. The maximum absolute atomic E-state index is 12.1. The van der Waals surface area contributed by atoms with E-state index < -0.39 is 0 Å². The van der Waals surface area contributed by atoms with Crippen LogP contribution in [0.15, 0.2) is 30.5 Å². The molecule has 4 nitrogen and oxygen atoms in total. The third-order valence-corrected chi connectivity index (χ3v) is 4.84. The van der Waals surface area contributed by atoms with Crippen LogP contribution in [0.25, 0.3) is 10.9 Å². The van der Waals surface area contributed by atoms with Gasteiger partial charge < -0.3 is 10.2 Å². The minimum atomic E-state index is 0.166. The number of aromatic nitrogens is 1. The number of amides is 1. The van der Waals surface area contributed by atoms with Gasteiger partial charge in [-0.25, -0.2) is 0 Å². The molecular weight excluding hydrogens is 298 g/mol. The molecule has 3 rings (SSSR count). The fourth-order valence-electron chi connectivity index (χ4n) is 3.56. The van der Waals surface area contributed by atoms with Crippen LogP contribution in [0.3, 0.4) is 0 Å². The summed E-state index contributed by atoms with van der Waals surface area (Å²) in [5.74, 6) is 0.998. The van der Waals surface area contributed by atoms with E-state index in [1.807, 2.05) is 12.3 Å². The molecular formula is C20H27N3O. The summed E-state index contributed by atoms with van der Waals surface area (Å²) in [5.41, 5.74) is 3.48. The van der Waals surface area contributed by atoms with Crippen LogP contribution in [-0.2, 0) is 4.79 Å². The molecule has 0 spiro atoms. The second-order valence-electron chi connectivity index (χ2n) is 7.46. The molecule has 0 saturated carbocycles. The van der Waals surface area contributed by atoms with Gasteiger partial charge in [-0.15, -0.1) is 0 Å². The van der Waals surface area contributed by atoms with Crippen LogP contribution in [-0.4, -0.2) is 30.0 Å². The maximum Gasteiger partial charge on any atom is 0.220 e. The topological polar surface area (TPSA) is 45.2 Å². The van der Waals surface area contributed by atoms with Crippen LogP contribution < -0.4 is 10.2 Å². The van der Waals surface area contributed by atoms with Crippen molar-refractivity contribution in [2.75, 3.05) is 18.0 Å². The monoisotopic (exact) mass is 325 g/mol. The molecule has 4 heteroatoms. The van der Waals surface area contributed by atoms with Gasteiger partial charge in [-0.05, 0) is 42.5 Å². The smallest absolute Gasteiger partial charge is 0.220 e. The summed E-state index contributed by atoms with van der Waals surface area (Å²) in [6, 6.07) is 8.67. The Hall–Kier alpha value is -2.10. The van der Waals surface area contributed by atoms with Gasteiger partial charge >= 0.3 is 0 Å². The van der Waals surface area contributed by atoms with Crippen molar-refractivity contribution in [1.29, 1.82) is 0 Å². The minimum Gasteiger partial charge on any atom is -0.369 e. The van der Waals surface area contributed by atoms with Crippen LogP contribution in [0.4, 0.5) is 5.69 Å². The lowest BCUT2D eigenvalue weighted by molar-refractivity contribution is -0.122. The first-order chi connectivity index (χ1) is 11.5. The van der Waals surface area contributed by atoms with Crippen LogP contribution in [0, 0.1) is 18.8 Å². The average molecular weight is 325 g/mol. The molecule has 1 aliphatic rings. The Labute approximate surface area is 144 Å². The molecule has 128 valence electrons. The predicted octanol–water partition coefficient (Wildman–Crippen LogP) is 3.53. The lowest BCUT2D eigenvalue weighted by Gasteiger charge is -2.21. The van der Waals surface area contributed by atoms with E-state index in [1.165, 1.54) is 16.6 Å². The van der Waals surface area contributed by atoms with E-state index in [4.69, 9.17) is 0 Å². The van der Waals surface area contributed by atoms with E-state index in [2.05, 4.69) is 61.1 Å². The molecule has 1 aromatic heterocycles. The summed E-state index contributed by atoms with van der Waals surface area (Å²) in [5, 5.41) is 4.42. The molecule has 2 aromatic rings. The molecule has 1 aliphatic heterocycles. The molecule has 1 fully saturated rings. The van der Waals surface area contributed by atoms with E-state index in [0.29, 0.717) is 18.3 Å². The van der Waals surface area contributed by atoms with Gasteiger partial charge in [-0.1, -0.05) is 26.8 Å². The van der Waals surface area contributed by atoms with E-state index >= 15 is 0 Å². The van der Waals surface area contributed by atoms with Crippen molar-refractivity contribution in [1.82, 2.24) is 10.3 Å². The second kappa shape index (κ2) is 6.80. The van der Waals surface area contributed by atoms with E-state index in [1.54, 1.807) is 0 Å². The zero-order valence-corrected chi connectivity index (χ0v) is 15.0. The van der Waals surface area contributed by atoms with Crippen molar-refractivity contribution in [2.45, 2.75) is 40.2 Å². The minimum absolute atomic E-state index is 0.166. The quantitative estimate of drug-likeness (QED) is 0.935. The number of pyridine rings is 1. The molecule has 0 bridgehead atoms. The fraction of sp³-hybridized carbons (Fsp3) is 0.500. The van der Waals surface area contributed by atoms with E-state index in [-0.39, 0.29) is 11.9 Å². The number of carbonyl (C=O) groups is 1. The molecule has 1 N–H and O–H groups in total. The van der Waals surface area contributed by atoms with Gasteiger partial charge in [0.25, 0.3) is 0 Å². The Bertz CT molecular complexity index is 741. The summed E-state index contributed by atoms with van der Waals surface area (Å²) in [6.07, 6.45) is 2.45. The largest absolute Gasteiger partial charge is 0.369 e. The molecule has 1 aromatic carbocycles. The normalized spacial score (nSPS) is 20.8. The highest BCUT2D eigenvalue weighted by molar-refractivity contribution is 5.94. The molecule has 0 radical (unpaired) electrons. The molecule has 1 amide bonds. The summed E-state index contributed by atoms with van der Waals surface area (Å²) < 4.78 is 0. The van der Waals surface area contributed by atoms with Gasteiger partial charge in [0.15, 0.2) is 0 Å². The first-order valence-electron chi connectivity index (χ1n) is 8.84. The van der Waals surface area contributed by atoms with Crippen molar-refractivity contribution in [3.63, 3.8) is 0 Å². The number of fused-ring (bicyclic) bond motifs is 1. The SMILES string of the molecule is Cc1ccc(N2CC(C)C(NC(=O)CC(C)C)C2)c2cccnc12. The standard InChI is InChI=1S/C20H27N3O/c1-13(2)10-19(24)22-17-12-23(11-15(17)4)18-8-7-14(3)20-16(18)6-5-9-21-20/h5-9,13,15,17H,10-12H2,1-4H3,(H,22,24). The van der Waals surface area contributed by atoms with Gasteiger partial charge in [0.1, 0.15) is 0 Å². The third kappa shape index (κ3) is 3.37. The van der Waals surface area contributed by atoms with Crippen LogP contribution >= 0.6 is 0 Å². The van der Waals surface area contributed by atoms with Gasteiger partial charge in [-0.3, -0.25) is 9.78 Å². The Kier molecular flexibility index (Phi) is 4.74. The highest BCUT2D eigenvalue weighted by Crippen LogP contribution is 2.31. The number of hydrogen-bond donors (Lipinski definition) is 1. The number of hydrogen-bond acceptors (Lipinski definition) is 3. The van der Waals surface area contributed by atoms with Gasteiger partial charge in [0.05, 0.1) is 11.6 Å². The molecule has 0 aliphatic carbocycles. The summed E-state index contributed by atoms with van der Waals surface area (Å²) in [6.45, 7) is 10.3. The lowest BCUT2D eigenvalue weighted by atomic mass is 10.1. The van der Waals surface area contributed by atoms with Crippen molar-refractivity contribution in [3.05, 3.63) is 36.0 Å². The third-order valence-electron chi connectivity index (χ3n) is 4.84. The number of nitrogens with zero attached hydrogens (tertiary/aromatic N) is 2. The molecule has 1 saturated heterocycles. The highest BCUT2D eigenvalue weighted by Gasteiger charge is 2.31. The Morgan fingerprint density at radius 3 is 2.88 bits per heavy atom. The van der Waals surface area contributed by atoms with Gasteiger partial charge in [-0.2, -0.15) is 0 Å². The summed E-state index contributed by atoms with van der Waals surface area (Å²) in [7, 11) is 0. The van der Waals surface area contributed by atoms with Crippen molar-refractivity contribution >= 4 is 22.5 Å². The number of anilines is 1. The average Bonchev–Trinajstić information content (AvgIpc) is 2.88.